The van der Waals surface area contributed by atoms with Gasteiger partial charge in [-0.25, -0.2) is 4.39 Å². The van der Waals surface area contributed by atoms with E-state index in [0.29, 0.717) is 24.7 Å². The summed E-state index contributed by atoms with van der Waals surface area (Å²) < 4.78 is 15.5. The van der Waals surface area contributed by atoms with Crippen molar-refractivity contribution >= 4 is 41.0 Å². The number of hydrogen-bond donors (Lipinski definition) is 2. The fourth-order valence-electron chi connectivity index (χ4n) is 7.47. The Bertz CT molecular complexity index is 1550. The Morgan fingerprint density at radius 2 is 1.59 bits per heavy atom. The van der Waals surface area contributed by atoms with Crippen LogP contribution in [-0.4, -0.2) is 100 Å². The molecule has 0 radical (unpaired) electrons. The second-order valence-corrected chi connectivity index (χ2v) is 12.4. The topological polar surface area (TPSA) is 162 Å². The highest BCUT2D eigenvalue weighted by molar-refractivity contribution is 6.23. The first-order chi connectivity index (χ1) is 21.2. The number of primary amides is 1. The van der Waals surface area contributed by atoms with Crippen molar-refractivity contribution in [2.24, 2.45) is 11.7 Å². The first-order valence-corrected chi connectivity index (χ1v) is 15.1. The van der Waals surface area contributed by atoms with Crippen LogP contribution in [0.15, 0.2) is 24.3 Å². The van der Waals surface area contributed by atoms with E-state index in [4.69, 9.17) is 5.73 Å². The molecule has 5 amide bonds. The Balaban J connectivity index is 0.996. The highest BCUT2D eigenvalue weighted by atomic mass is 19.1. The van der Waals surface area contributed by atoms with Crippen LogP contribution in [0.3, 0.4) is 0 Å². The van der Waals surface area contributed by atoms with E-state index in [9.17, 15) is 24.0 Å². The van der Waals surface area contributed by atoms with Crippen molar-refractivity contribution < 1.29 is 28.4 Å². The van der Waals surface area contributed by atoms with E-state index in [1.807, 2.05) is 4.90 Å². The summed E-state index contributed by atoms with van der Waals surface area (Å²) in [5.41, 5.74) is 5.74. The van der Waals surface area contributed by atoms with Crippen LogP contribution in [-0.2, 0) is 9.59 Å². The van der Waals surface area contributed by atoms with E-state index in [2.05, 4.69) is 25.3 Å². The number of fused-ring (bicyclic) bond motifs is 3. The van der Waals surface area contributed by atoms with E-state index in [0.717, 1.165) is 62.1 Å². The molecule has 14 heteroatoms. The van der Waals surface area contributed by atoms with Gasteiger partial charge in [0.1, 0.15) is 11.9 Å². The van der Waals surface area contributed by atoms with Crippen molar-refractivity contribution in [2.75, 3.05) is 42.5 Å². The molecule has 230 valence electrons. The lowest BCUT2D eigenvalue weighted by atomic mass is 9.95. The molecule has 0 aliphatic carbocycles. The van der Waals surface area contributed by atoms with Crippen LogP contribution >= 0.6 is 0 Å². The average molecular weight is 605 g/mol. The van der Waals surface area contributed by atoms with Crippen LogP contribution in [0.1, 0.15) is 69.7 Å². The van der Waals surface area contributed by atoms with Gasteiger partial charge in [-0.3, -0.25) is 39.1 Å². The van der Waals surface area contributed by atoms with Gasteiger partial charge in [0.05, 0.1) is 16.8 Å². The second kappa shape index (κ2) is 10.9. The van der Waals surface area contributed by atoms with Crippen molar-refractivity contribution in [1.82, 2.24) is 25.3 Å². The maximum absolute atomic E-state index is 15.5. The number of piperidine rings is 2. The molecule has 2 aromatic rings. The molecule has 5 aliphatic rings. The van der Waals surface area contributed by atoms with E-state index < -0.39 is 41.4 Å². The van der Waals surface area contributed by atoms with Crippen LogP contribution in [0.5, 0.6) is 0 Å². The third-order valence-electron chi connectivity index (χ3n) is 9.79. The summed E-state index contributed by atoms with van der Waals surface area (Å²) in [6.07, 6.45) is 4.09. The fraction of sp³-hybridized carbons (Fsp3) is 0.500. The number of piperazine rings is 1. The summed E-state index contributed by atoms with van der Waals surface area (Å²) in [6.45, 7) is 3.88. The van der Waals surface area contributed by atoms with Crippen molar-refractivity contribution in [3.63, 3.8) is 0 Å². The quantitative estimate of drug-likeness (QED) is 0.449. The maximum Gasteiger partial charge on any atom is 0.269 e. The molecule has 6 heterocycles. The zero-order valence-electron chi connectivity index (χ0n) is 24.1. The van der Waals surface area contributed by atoms with Gasteiger partial charge >= 0.3 is 0 Å². The first-order valence-electron chi connectivity index (χ1n) is 15.1. The summed E-state index contributed by atoms with van der Waals surface area (Å²) in [5, 5.41) is 10.3. The molecule has 4 fully saturated rings. The molecule has 7 rings (SSSR count). The molecule has 1 aromatic carbocycles. The Kier molecular flexibility index (Phi) is 7.03. The molecule has 44 heavy (non-hydrogen) atoms. The van der Waals surface area contributed by atoms with Crippen LogP contribution < -0.4 is 20.9 Å². The summed E-state index contributed by atoms with van der Waals surface area (Å²) in [5.74, 6) is -2.41. The van der Waals surface area contributed by atoms with Crippen molar-refractivity contribution in [3.8, 4) is 0 Å². The Hall–Kier alpha value is -4.46. The molecule has 1 aromatic heterocycles. The fourth-order valence-corrected chi connectivity index (χ4v) is 7.47. The Morgan fingerprint density at radius 3 is 2.20 bits per heavy atom. The van der Waals surface area contributed by atoms with Gasteiger partial charge in [0, 0.05) is 51.2 Å². The Labute approximate surface area is 252 Å². The van der Waals surface area contributed by atoms with Gasteiger partial charge in [0.25, 0.3) is 17.7 Å². The molecular weight excluding hydrogens is 571 g/mol. The normalized spacial score (nSPS) is 25.9. The number of amides is 5. The predicted molar refractivity (Wildman–Crippen MR) is 154 cm³/mol. The van der Waals surface area contributed by atoms with Crippen LogP contribution in [0.2, 0.25) is 0 Å². The number of rotatable bonds is 6. The molecule has 3 unspecified atom stereocenters. The van der Waals surface area contributed by atoms with E-state index >= 15 is 4.39 Å². The molecule has 0 spiro atoms. The van der Waals surface area contributed by atoms with Crippen LogP contribution in [0.4, 0.5) is 15.9 Å². The summed E-state index contributed by atoms with van der Waals surface area (Å²) >= 11 is 0. The number of hydrogen-bond acceptors (Lipinski definition) is 10. The van der Waals surface area contributed by atoms with Gasteiger partial charge < -0.3 is 15.5 Å². The number of benzene rings is 1. The lowest BCUT2D eigenvalue weighted by Crippen LogP contribution is -2.55. The monoisotopic (exact) mass is 604 g/mol. The molecule has 3 N–H and O–H groups in total. The highest BCUT2D eigenvalue weighted by Crippen LogP contribution is 2.38. The van der Waals surface area contributed by atoms with Crippen LogP contribution in [0, 0.1) is 11.7 Å². The van der Waals surface area contributed by atoms with Crippen molar-refractivity contribution in [1.29, 1.82) is 0 Å². The van der Waals surface area contributed by atoms with Gasteiger partial charge in [-0.1, -0.05) is 0 Å². The minimum absolute atomic E-state index is 0.0243. The van der Waals surface area contributed by atoms with Crippen LogP contribution in [0.25, 0.3) is 0 Å². The number of imide groups is 2. The predicted octanol–water partition coefficient (Wildman–Crippen LogP) is 0.685. The van der Waals surface area contributed by atoms with E-state index in [-0.39, 0.29) is 41.7 Å². The number of nitrogens with two attached hydrogens (primary N) is 1. The molecule has 13 nitrogen and oxygen atoms in total. The van der Waals surface area contributed by atoms with Gasteiger partial charge in [-0.2, -0.15) is 0 Å². The van der Waals surface area contributed by atoms with Gasteiger partial charge in [-0.05, 0) is 62.3 Å². The van der Waals surface area contributed by atoms with Crippen molar-refractivity contribution in [3.05, 3.63) is 46.9 Å². The van der Waals surface area contributed by atoms with Gasteiger partial charge in [-0.15, -0.1) is 10.2 Å². The standard InChI is InChI=1S/C30H33FN8O5/c31-21-11-19-20(30(44)39(29(19)43)23-4-6-26(40)33-28(23)42)12-24(21)37-14-17-1-2-18(15-37)38(17)13-16-7-9-36(10-8-16)25-5-3-22(27(32)41)34-35-25/h3,5,11-12,16-18,23H,1-2,4,6-10,13-15H2,(H2,32,41)(H,33,40,42). The largest absolute Gasteiger partial charge is 0.366 e. The summed E-state index contributed by atoms with van der Waals surface area (Å²) in [4.78, 5) is 69.2. The minimum atomic E-state index is -1.09. The SMILES string of the molecule is NC(=O)c1ccc(N2CCC(CN3C4CCC3CN(c3cc5c(cc3F)C(=O)N(C3CCC(=O)NC3=O)C5=O)C4)CC2)nn1. The number of anilines is 2. The first kappa shape index (κ1) is 28.3. The zero-order valence-corrected chi connectivity index (χ0v) is 24.1. The maximum atomic E-state index is 15.5. The molecule has 2 bridgehead atoms. The molecule has 0 saturated carbocycles. The van der Waals surface area contributed by atoms with E-state index in [1.54, 1.807) is 12.1 Å². The smallest absolute Gasteiger partial charge is 0.269 e. The molecule has 4 saturated heterocycles. The third kappa shape index (κ3) is 4.86. The summed E-state index contributed by atoms with van der Waals surface area (Å²) in [6, 6.07) is 5.37. The number of halogens is 1. The number of carbonyl (C=O) groups is 5. The Morgan fingerprint density at radius 1 is 0.909 bits per heavy atom. The lowest BCUT2D eigenvalue weighted by molar-refractivity contribution is -0.136. The molecule has 3 atom stereocenters. The van der Waals surface area contributed by atoms with Gasteiger partial charge in [0.2, 0.25) is 11.8 Å². The zero-order chi connectivity index (χ0) is 30.7. The molecular formula is C30H33FN8O5. The average Bonchev–Trinajstić information content (AvgIpc) is 3.37. The number of nitrogens with one attached hydrogen (secondary N) is 1. The lowest BCUT2D eigenvalue weighted by Gasteiger charge is -2.44. The number of carbonyl (C=O) groups excluding carboxylic acids is 5. The van der Waals surface area contributed by atoms with Crippen molar-refractivity contribution in [2.45, 2.75) is 56.7 Å². The highest BCUT2D eigenvalue weighted by Gasteiger charge is 2.46. The second-order valence-electron chi connectivity index (χ2n) is 12.4. The van der Waals surface area contributed by atoms with Gasteiger partial charge in [0.15, 0.2) is 11.5 Å². The number of nitrogens with zero attached hydrogens (tertiary/aromatic N) is 6. The summed E-state index contributed by atoms with van der Waals surface area (Å²) in [7, 11) is 0. The minimum Gasteiger partial charge on any atom is -0.366 e. The third-order valence-corrected chi connectivity index (χ3v) is 9.79. The van der Waals surface area contributed by atoms with E-state index in [1.165, 1.54) is 6.07 Å². The molecule has 5 aliphatic heterocycles. The number of aromatic nitrogens is 2.